The zero-order chi connectivity index (χ0) is 21.3. The molecule has 0 N–H and O–H groups in total. The maximum absolute atomic E-state index is 13.2. The first-order chi connectivity index (χ1) is 13.5. The minimum atomic E-state index is -5.06. The molecule has 162 valence electrons. The molecule has 1 aliphatic heterocycles. The monoisotopic (exact) mass is 423 g/mol. The van der Waals surface area contributed by atoms with Gasteiger partial charge in [-0.2, -0.15) is 13.2 Å². The molecule has 0 aromatic heterocycles. The predicted octanol–water partition coefficient (Wildman–Crippen LogP) is 5.97. The van der Waals surface area contributed by atoms with Crippen molar-refractivity contribution in [3.8, 4) is 5.75 Å². The predicted molar refractivity (Wildman–Crippen MR) is 94.6 cm³/mol. The Balaban J connectivity index is 1.73. The molecule has 1 aromatic carbocycles. The van der Waals surface area contributed by atoms with Crippen molar-refractivity contribution in [2.24, 2.45) is 11.3 Å². The van der Waals surface area contributed by atoms with Crippen LogP contribution in [0, 0.1) is 11.3 Å². The second kappa shape index (κ2) is 8.07. The van der Waals surface area contributed by atoms with Crippen molar-refractivity contribution in [1.29, 1.82) is 0 Å². The molecule has 0 amide bonds. The summed E-state index contributed by atoms with van der Waals surface area (Å²) in [5, 5.41) is 0. The maximum Gasteiger partial charge on any atom is 0.573 e. The molecule has 9 heteroatoms. The first-order valence-electron chi connectivity index (χ1n) is 9.66. The van der Waals surface area contributed by atoms with E-state index in [4.69, 9.17) is 0 Å². The summed E-state index contributed by atoms with van der Waals surface area (Å²) in [6.07, 6.45) is -2.90. The molecule has 2 fully saturated rings. The van der Waals surface area contributed by atoms with Crippen LogP contribution in [0.15, 0.2) is 18.2 Å². The lowest BCUT2D eigenvalue weighted by Gasteiger charge is -2.46. The molecule has 29 heavy (non-hydrogen) atoms. The van der Waals surface area contributed by atoms with E-state index in [1.165, 1.54) is 0 Å². The molecule has 1 saturated heterocycles. The lowest BCUT2D eigenvalue weighted by molar-refractivity contribution is -0.274. The number of aldehydes is 1. The Morgan fingerprint density at radius 2 is 1.62 bits per heavy atom. The van der Waals surface area contributed by atoms with Crippen LogP contribution >= 0.6 is 0 Å². The molecule has 0 radical (unpaired) electrons. The smallest absolute Gasteiger partial charge is 0.406 e. The third-order valence-corrected chi connectivity index (χ3v) is 6.24. The van der Waals surface area contributed by atoms with Crippen LogP contribution in [0.25, 0.3) is 0 Å². The van der Waals surface area contributed by atoms with Gasteiger partial charge in [0, 0.05) is 31.3 Å². The van der Waals surface area contributed by atoms with E-state index in [2.05, 4.69) is 4.74 Å². The van der Waals surface area contributed by atoms with Crippen LogP contribution in [0.4, 0.5) is 32.0 Å². The Bertz CT molecular complexity index is 713. The van der Waals surface area contributed by atoms with Gasteiger partial charge in [0.05, 0.1) is 5.56 Å². The number of hydrogen-bond donors (Lipinski definition) is 0. The van der Waals surface area contributed by atoms with Gasteiger partial charge in [-0.25, -0.2) is 0 Å². The van der Waals surface area contributed by atoms with Crippen molar-refractivity contribution in [2.45, 2.75) is 57.5 Å². The lowest BCUT2D eigenvalue weighted by atomic mass is 9.65. The van der Waals surface area contributed by atoms with E-state index in [-0.39, 0.29) is 11.1 Å². The van der Waals surface area contributed by atoms with Gasteiger partial charge in [-0.1, -0.05) is 0 Å². The number of hydrogen-bond acceptors (Lipinski definition) is 3. The second-order valence-electron chi connectivity index (χ2n) is 8.09. The number of ether oxygens (including phenoxy) is 1. The van der Waals surface area contributed by atoms with Crippen LogP contribution in [0.2, 0.25) is 0 Å². The Hall–Kier alpha value is -1.93. The molecule has 1 aromatic rings. The van der Waals surface area contributed by atoms with Gasteiger partial charge in [0.25, 0.3) is 0 Å². The van der Waals surface area contributed by atoms with Gasteiger partial charge in [0.15, 0.2) is 0 Å². The Kier molecular flexibility index (Phi) is 6.06. The highest BCUT2D eigenvalue weighted by molar-refractivity contribution is 5.54. The summed E-state index contributed by atoms with van der Waals surface area (Å²) in [5.41, 5.74) is -0.963. The van der Waals surface area contributed by atoms with Crippen LogP contribution < -0.4 is 9.64 Å². The van der Waals surface area contributed by atoms with Crippen molar-refractivity contribution in [3.05, 3.63) is 23.8 Å². The average molecular weight is 423 g/mol. The van der Waals surface area contributed by atoms with Crippen molar-refractivity contribution < 1.29 is 35.9 Å². The normalized spacial score (nSPS) is 20.7. The SMILES string of the molecule is O=CCC1CCC2(CC1)CCN(c1cc(OC(F)(F)F)cc(C(F)(F)F)c1)CC2. The Morgan fingerprint density at radius 3 is 2.14 bits per heavy atom. The minimum absolute atomic E-state index is 0.0866. The highest BCUT2D eigenvalue weighted by atomic mass is 19.4. The zero-order valence-electron chi connectivity index (χ0n) is 15.8. The molecule has 1 saturated carbocycles. The van der Waals surface area contributed by atoms with E-state index < -0.39 is 23.9 Å². The van der Waals surface area contributed by atoms with Crippen molar-refractivity contribution in [3.63, 3.8) is 0 Å². The summed E-state index contributed by atoms with van der Waals surface area (Å²) < 4.78 is 80.8. The first kappa shape index (κ1) is 21.8. The van der Waals surface area contributed by atoms with Crippen molar-refractivity contribution in [1.82, 2.24) is 0 Å². The van der Waals surface area contributed by atoms with E-state index in [1.54, 1.807) is 4.90 Å². The topological polar surface area (TPSA) is 29.5 Å². The maximum atomic E-state index is 13.2. The largest absolute Gasteiger partial charge is 0.573 e. The average Bonchev–Trinajstić information content (AvgIpc) is 2.62. The van der Waals surface area contributed by atoms with Gasteiger partial charge in [-0.3, -0.25) is 0 Å². The number of benzene rings is 1. The second-order valence-corrected chi connectivity index (χ2v) is 8.09. The molecular weight excluding hydrogens is 400 g/mol. The van der Waals surface area contributed by atoms with E-state index >= 15 is 0 Å². The van der Waals surface area contributed by atoms with Gasteiger partial charge in [0.2, 0.25) is 0 Å². The number of rotatable bonds is 4. The Labute approximate surface area is 165 Å². The fraction of sp³-hybridized carbons (Fsp3) is 0.650. The van der Waals surface area contributed by atoms with Crippen LogP contribution in [0.5, 0.6) is 5.75 Å². The quantitative estimate of drug-likeness (QED) is 0.441. The van der Waals surface area contributed by atoms with Gasteiger partial charge < -0.3 is 14.4 Å². The number of anilines is 1. The van der Waals surface area contributed by atoms with E-state index in [0.29, 0.717) is 31.5 Å². The molecule has 3 nitrogen and oxygen atoms in total. The molecule has 0 atom stereocenters. The third kappa shape index (κ3) is 5.57. The van der Waals surface area contributed by atoms with Crippen molar-refractivity contribution >= 4 is 12.0 Å². The number of nitrogens with zero attached hydrogens (tertiary/aromatic N) is 1. The van der Waals surface area contributed by atoms with Crippen LogP contribution in [0.3, 0.4) is 0 Å². The molecule has 0 bridgehead atoms. The zero-order valence-corrected chi connectivity index (χ0v) is 15.8. The number of alkyl halides is 6. The fourth-order valence-electron chi connectivity index (χ4n) is 4.52. The summed E-state index contributed by atoms with van der Waals surface area (Å²) in [6.45, 7) is 0.955. The number of carbonyl (C=O) groups excluding carboxylic acids is 1. The number of carbonyl (C=O) groups is 1. The highest BCUT2D eigenvalue weighted by Gasteiger charge is 2.39. The van der Waals surface area contributed by atoms with Gasteiger partial charge >= 0.3 is 12.5 Å². The molecule has 1 heterocycles. The fourth-order valence-corrected chi connectivity index (χ4v) is 4.52. The summed E-state index contributed by atoms with van der Waals surface area (Å²) in [6, 6.07) is 2.26. The summed E-state index contributed by atoms with van der Waals surface area (Å²) >= 11 is 0. The molecule has 0 unspecified atom stereocenters. The van der Waals surface area contributed by atoms with Gasteiger partial charge in [-0.05, 0) is 62.0 Å². The third-order valence-electron chi connectivity index (χ3n) is 6.24. The lowest BCUT2D eigenvalue weighted by Crippen LogP contribution is -2.42. The molecule has 3 rings (SSSR count). The Morgan fingerprint density at radius 1 is 1.00 bits per heavy atom. The molecular formula is C20H23F6NO2. The minimum Gasteiger partial charge on any atom is -0.406 e. The van der Waals surface area contributed by atoms with E-state index in [1.807, 2.05) is 0 Å². The summed E-state index contributed by atoms with van der Waals surface area (Å²) in [5.74, 6) is -0.460. The van der Waals surface area contributed by atoms with Crippen LogP contribution in [-0.2, 0) is 11.0 Å². The number of halogens is 6. The molecule has 1 aliphatic carbocycles. The standard InChI is InChI=1S/C20H23F6NO2/c21-19(22,23)15-11-16(13-17(12-15)29-20(24,25)26)27-8-6-18(7-9-27)4-1-14(2-5-18)3-10-28/h10-14H,1-9H2. The van der Waals surface area contributed by atoms with E-state index in [9.17, 15) is 31.1 Å². The van der Waals surface area contributed by atoms with Gasteiger partial charge in [-0.15, -0.1) is 13.2 Å². The first-order valence-corrected chi connectivity index (χ1v) is 9.66. The van der Waals surface area contributed by atoms with Crippen LogP contribution in [0.1, 0.15) is 50.5 Å². The molecule has 1 spiro atoms. The van der Waals surface area contributed by atoms with Crippen LogP contribution in [-0.4, -0.2) is 25.7 Å². The van der Waals surface area contributed by atoms with Crippen molar-refractivity contribution in [2.75, 3.05) is 18.0 Å². The molecule has 2 aliphatic rings. The van der Waals surface area contributed by atoms with E-state index in [0.717, 1.165) is 56.9 Å². The summed E-state index contributed by atoms with van der Waals surface area (Å²) in [7, 11) is 0. The van der Waals surface area contributed by atoms with Gasteiger partial charge in [0.1, 0.15) is 12.0 Å². The highest BCUT2D eigenvalue weighted by Crippen LogP contribution is 2.48. The summed E-state index contributed by atoms with van der Waals surface area (Å²) in [4.78, 5) is 12.4. The number of piperidine rings is 1.